The van der Waals surface area contributed by atoms with Gasteiger partial charge in [0.1, 0.15) is 5.82 Å². The summed E-state index contributed by atoms with van der Waals surface area (Å²) in [7, 11) is 0. The Labute approximate surface area is 125 Å². The molecule has 4 heteroatoms. The fraction of sp³-hybridized carbons (Fsp3) is 0.471. The summed E-state index contributed by atoms with van der Waals surface area (Å²) in [6.45, 7) is 2.87. The Morgan fingerprint density at radius 3 is 3.00 bits per heavy atom. The van der Waals surface area contributed by atoms with Gasteiger partial charge in [0.2, 0.25) is 0 Å². The molecule has 1 heterocycles. The number of nitrogens with two attached hydrogens (primary N) is 1. The van der Waals surface area contributed by atoms with Gasteiger partial charge in [-0.15, -0.1) is 0 Å². The van der Waals surface area contributed by atoms with Crippen LogP contribution in [0.25, 0.3) is 10.9 Å². The molecule has 0 radical (unpaired) electrons. The molecule has 0 amide bonds. The Hall–Kier alpha value is -1.65. The van der Waals surface area contributed by atoms with Crippen LogP contribution in [-0.2, 0) is 11.3 Å². The van der Waals surface area contributed by atoms with E-state index in [1.807, 2.05) is 18.2 Å². The van der Waals surface area contributed by atoms with E-state index < -0.39 is 0 Å². The molecule has 2 aromatic rings. The normalized spacial score (nSPS) is 22.4. The van der Waals surface area contributed by atoms with Crippen LogP contribution in [0.15, 0.2) is 30.3 Å². The van der Waals surface area contributed by atoms with E-state index in [1.165, 1.54) is 12.8 Å². The van der Waals surface area contributed by atoms with Gasteiger partial charge in [0.15, 0.2) is 0 Å². The van der Waals surface area contributed by atoms with Crippen LogP contribution < -0.4 is 11.3 Å². The predicted molar refractivity (Wildman–Crippen MR) is 85.8 cm³/mol. The second-order valence-electron chi connectivity index (χ2n) is 6.04. The molecular formula is C17H23N3O. The molecule has 3 rings (SSSR count). The van der Waals surface area contributed by atoms with Crippen LogP contribution in [0, 0.1) is 5.92 Å². The van der Waals surface area contributed by atoms with Gasteiger partial charge in [0.25, 0.3) is 0 Å². The maximum absolute atomic E-state index is 6.10. The first-order chi connectivity index (χ1) is 10.3. The summed E-state index contributed by atoms with van der Waals surface area (Å²) in [6.07, 6.45) is 5.28. The van der Waals surface area contributed by atoms with Crippen molar-refractivity contribution < 1.29 is 4.74 Å². The smallest absolute Gasteiger partial charge is 0.146 e. The number of anilines is 1. The number of hydrazine groups is 1. The standard InChI is InChI=1S/C17H23N3O/c1-12-5-4-7-15(9-12)21-11-14-10-13-6-2-3-8-16(13)19-17(14)20-18/h2-3,6,8,10,12,15H,4-5,7,9,11,18H2,1H3,(H,19,20). The van der Waals surface area contributed by atoms with Crippen LogP contribution in [0.4, 0.5) is 5.82 Å². The second kappa shape index (κ2) is 6.41. The summed E-state index contributed by atoms with van der Waals surface area (Å²) in [5.74, 6) is 7.08. The van der Waals surface area contributed by atoms with Gasteiger partial charge in [-0.2, -0.15) is 0 Å². The zero-order valence-corrected chi connectivity index (χ0v) is 12.5. The van der Waals surface area contributed by atoms with Crippen LogP contribution in [0.3, 0.4) is 0 Å². The van der Waals surface area contributed by atoms with Crippen LogP contribution >= 0.6 is 0 Å². The minimum absolute atomic E-state index is 0.367. The molecule has 1 aliphatic carbocycles. The van der Waals surface area contributed by atoms with Crippen molar-refractivity contribution in [2.45, 2.75) is 45.3 Å². The van der Waals surface area contributed by atoms with Gasteiger partial charge in [0, 0.05) is 10.9 Å². The minimum atomic E-state index is 0.367. The van der Waals surface area contributed by atoms with Gasteiger partial charge in [-0.25, -0.2) is 10.8 Å². The summed E-state index contributed by atoms with van der Waals surface area (Å²) in [5, 5.41) is 1.12. The van der Waals surface area contributed by atoms with E-state index in [-0.39, 0.29) is 0 Å². The highest BCUT2D eigenvalue weighted by molar-refractivity contribution is 5.81. The molecule has 2 unspecified atom stereocenters. The third-order valence-corrected chi connectivity index (χ3v) is 4.30. The number of aromatic nitrogens is 1. The van der Waals surface area contributed by atoms with E-state index in [0.29, 0.717) is 18.5 Å². The first kappa shape index (κ1) is 14.3. The predicted octanol–water partition coefficient (Wildman–Crippen LogP) is 3.62. The van der Waals surface area contributed by atoms with E-state index in [2.05, 4.69) is 29.5 Å². The number of nitrogens with one attached hydrogen (secondary N) is 1. The maximum atomic E-state index is 6.10. The largest absolute Gasteiger partial charge is 0.373 e. The van der Waals surface area contributed by atoms with Gasteiger partial charge in [-0.05, 0) is 30.9 Å². The lowest BCUT2D eigenvalue weighted by Gasteiger charge is -2.27. The maximum Gasteiger partial charge on any atom is 0.146 e. The Balaban J connectivity index is 1.76. The number of pyridine rings is 1. The van der Waals surface area contributed by atoms with Crippen LogP contribution in [0.2, 0.25) is 0 Å². The van der Waals surface area contributed by atoms with Gasteiger partial charge in [-0.3, -0.25) is 0 Å². The SMILES string of the molecule is CC1CCCC(OCc2cc3ccccc3nc2NN)C1. The monoisotopic (exact) mass is 285 g/mol. The lowest BCUT2D eigenvalue weighted by molar-refractivity contribution is 0.00486. The summed E-state index contributed by atoms with van der Waals surface area (Å²) < 4.78 is 6.10. The second-order valence-corrected chi connectivity index (χ2v) is 6.04. The van der Waals surface area contributed by atoms with Crippen molar-refractivity contribution in [2.24, 2.45) is 11.8 Å². The summed E-state index contributed by atoms with van der Waals surface area (Å²) in [6, 6.07) is 10.2. The molecule has 1 aromatic carbocycles. The number of fused-ring (bicyclic) bond motifs is 1. The molecule has 1 aromatic heterocycles. The van der Waals surface area contributed by atoms with Gasteiger partial charge < -0.3 is 10.2 Å². The van der Waals surface area contributed by atoms with E-state index >= 15 is 0 Å². The summed E-state index contributed by atoms with van der Waals surface area (Å²) in [5.41, 5.74) is 4.66. The van der Waals surface area contributed by atoms with Crippen molar-refractivity contribution in [1.29, 1.82) is 0 Å². The molecular weight excluding hydrogens is 262 g/mol. The Morgan fingerprint density at radius 2 is 2.19 bits per heavy atom. The zero-order chi connectivity index (χ0) is 14.7. The topological polar surface area (TPSA) is 60.2 Å². The lowest BCUT2D eigenvalue weighted by atomic mass is 9.89. The zero-order valence-electron chi connectivity index (χ0n) is 12.5. The number of nitrogens with zero attached hydrogens (tertiary/aromatic N) is 1. The number of benzene rings is 1. The molecule has 2 atom stereocenters. The van der Waals surface area contributed by atoms with E-state index in [9.17, 15) is 0 Å². The van der Waals surface area contributed by atoms with Gasteiger partial charge in [-0.1, -0.05) is 38.0 Å². The molecule has 1 saturated carbocycles. The number of nitrogen functional groups attached to an aromatic ring is 1. The highest BCUT2D eigenvalue weighted by Crippen LogP contribution is 2.27. The minimum Gasteiger partial charge on any atom is -0.373 e. The highest BCUT2D eigenvalue weighted by Gasteiger charge is 2.19. The van der Waals surface area contributed by atoms with Crippen LogP contribution in [-0.4, -0.2) is 11.1 Å². The lowest BCUT2D eigenvalue weighted by Crippen LogP contribution is -2.22. The third kappa shape index (κ3) is 3.34. The van der Waals surface area contributed by atoms with E-state index in [0.717, 1.165) is 35.2 Å². The Bertz CT molecular complexity index is 614. The molecule has 0 bridgehead atoms. The van der Waals surface area contributed by atoms with E-state index in [4.69, 9.17) is 10.6 Å². The van der Waals surface area contributed by atoms with Crippen LogP contribution in [0.5, 0.6) is 0 Å². The molecule has 112 valence electrons. The molecule has 0 saturated heterocycles. The first-order valence-electron chi connectivity index (χ1n) is 7.73. The molecule has 21 heavy (non-hydrogen) atoms. The quantitative estimate of drug-likeness (QED) is 0.665. The van der Waals surface area contributed by atoms with Crippen molar-refractivity contribution in [2.75, 3.05) is 5.43 Å². The Morgan fingerprint density at radius 1 is 1.33 bits per heavy atom. The molecule has 3 N–H and O–H groups in total. The fourth-order valence-corrected chi connectivity index (χ4v) is 3.13. The van der Waals surface area contributed by atoms with Crippen molar-refractivity contribution in [3.63, 3.8) is 0 Å². The van der Waals surface area contributed by atoms with Gasteiger partial charge >= 0.3 is 0 Å². The third-order valence-electron chi connectivity index (χ3n) is 4.30. The van der Waals surface area contributed by atoms with Crippen molar-refractivity contribution in [1.82, 2.24) is 4.98 Å². The van der Waals surface area contributed by atoms with Gasteiger partial charge in [0.05, 0.1) is 18.2 Å². The van der Waals surface area contributed by atoms with Crippen molar-refractivity contribution >= 4 is 16.7 Å². The molecule has 0 spiro atoms. The molecule has 0 aliphatic heterocycles. The summed E-state index contributed by atoms with van der Waals surface area (Å²) >= 11 is 0. The molecule has 4 nitrogen and oxygen atoms in total. The number of hydrogen-bond acceptors (Lipinski definition) is 4. The number of hydrogen-bond donors (Lipinski definition) is 2. The Kier molecular flexibility index (Phi) is 4.36. The average Bonchev–Trinajstić information content (AvgIpc) is 2.52. The highest BCUT2D eigenvalue weighted by atomic mass is 16.5. The van der Waals surface area contributed by atoms with Crippen LogP contribution in [0.1, 0.15) is 38.2 Å². The summed E-state index contributed by atoms with van der Waals surface area (Å²) in [4.78, 5) is 4.56. The van der Waals surface area contributed by atoms with E-state index in [1.54, 1.807) is 0 Å². The fourth-order valence-electron chi connectivity index (χ4n) is 3.13. The van der Waals surface area contributed by atoms with Crippen molar-refractivity contribution in [3.8, 4) is 0 Å². The average molecular weight is 285 g/mol. The number of rotatable bonds is 4. The van der Waals surface area contributed by atoms with Crippen molar-refractivity contribution in [3.05, 3.63) is 35.9 Å². The molecule has 1 aliphatic rings. The number of para-hydroxylation sites is 1. The molecule has 1 fully saturated rings. The number of ether oxygens (including phenoxy) is 1. The first-order valence-corrected chi connectivity index (χ1v) is 7.73.